The summed E-state index contributed by atoms with van der Waals surface area (Å²) in [5.74, 6) is -1.61. The predicted molar refractivity (Wildman–Crippen MR) is 132 cm³/mol. The van der Waals surface area contributed by atoms with Crippen molar-refractivity contribution in [3.8, 4) is 0 Å². The smallest absolute Gasteiger partial charge is 0.331 e. The molecule has 0 heterocycles. The van der Waals surface area contributed by atoms with Crippen LogP contribution in [0.3, 0.4) is 0 Å². The van der Waals surface area contributed by atoms with Crippen LogP contribution in [0.1, 0.15) is 97.8 Å². The van der Waals surface area contributed by atoms with Crippen molar-refractivity contribution < 1.29 is 28.6 Å². The standard InChI is InChI=1S/C27H44O6/c1-4-5-6-7-8-9-10-11-12-13-14-15-16-17-18-19-20-21-27(30)33-26(22-31-24(2)28)23-32-25(3)29/h16-21,26H,4-15,22-23H2,1-3H3/b17-16+,19-18+,21-20+. The number of ether oxygens (including phenoxy) is 3. The third-order valence-corrected chi connectivity index (χ3v) is 4.90. The number of carbonyl (C=O) groups is 3. The third kappa shape index (κ3) is 24.1. The van der Waals surface area contributed by atoms with Gasteiger partial charge in [0.2, 0.25) is 0 Å². The summed E-state index contributed by atoms with van der Waals surface area (Å²) < 4.78 is 14.8. The number of unbranched alkanes of at least 4 members (excludes halogenated alkanes) is 11. The van der Waals surface area contributed by atoms with Crippen LogP contribution < -0.4 is 0 Å². The van der Waals surface area contributed by atoms with Gasteiger partial charge < -0.3 is 14.2 Å². The van der Waals surface area contributed by atoms with E-state index in [1.807, 2.05) is 12.2 Å². The Kier molecular flexibility index (Phi) is 21.2. The zero-order chi connectivity index (χ0) is 24.6. The van der Waals surface area contributed by atoms with Crippen LogP contribution >= 0.6 is 0 Å². The van der Waals surface area contributed by atoms with Gasteiger partial charge >= 0.3 is 17.9 Å². The Morgan fingerprint density at radius 2 is 1.15 bits per heavy atom. The van der Waals surface area contributed by atoms with E-state index in [4.69, 9.17) is 14.2 Å². The Bertz CT molecular complexity index is 588. The number of esters is 3. The van der Waals surface area contributed by atoms with E-state index in [0.717, 1.165) is 6.42 Å². The highest BCUT2D eigenvalue weighted by Crippen LogP contribution is 2.12. The summed E-state index contributed by atoms with van der Waals surface area (Å²) in [5, 5.41) is 0. The number of carbonyl (C=O) groups excluding carboxylic acids is 3. The molecule has 0 saturated carbocycles. The van der Waals surface area contributed by atoms with E-state index in [9.17, 15) is 14.4 Å². The second-order valence-electron chi connectivity index (χ2n) is 8.16. The van der Waals surface area contributed by atoms with E-state index in [0.29, 0.717) is 0 Å². The fourth-order valence-electron chi connectivity index (χ4n) is 3.10. The van der Waals surface area contributed by atoms with Gasteiger partial charge in [0.05, 0.1) is 0 Å². The highest BCUT2D eigenvalue weighted by Gasteiger charge is 2.16. The van der Waals surface area contributed by atoms with Gasteiger partial charge in [-0.25, -0.2) is 4.79 Å². The van der Waals surface area contributed by atoms with Crippen molar-refractivity contribution in [2.24, 2.45) is 0 Å². The molecule has 6 heteroatoms. The van der Waals surface area contributed by atoms with Crippen molar-refractivity contribution in [2.75, 3.05) is 13.2 Å². The molecule has 0 radical (unpaired) electrons. The van der Waals surface area contributed by atoms with Gasteiger partial charge in [-0.3, -0.25) is 9.59 Å². The normalized spacial score (nSPS) is 11.6. The van der Waals surface area contributed by atoms with Gasteiger partial charge in [-0.2, -0.15) is 0 Å². The van der Waals surface area contributed by atoms with E-state index in [1.165, 1.54) is 90.6 Å². The molecule has 0 fully saturated rings. The molecule has 0 aromatic heterocycles. The SMILES string of the molecule is CCCCCCCCCCCCC/C=C/C=C/C=C/C(=O)OC(COC(C)=O)COC(C)=O. The van der Waals surface area contributed by atoms with Crippen LogP contribution in [0, 0.1) is 0 Å². The van der Waals surface area contributed by atoms with Crippen molar-refractivity contribution in [2.45, 2.75) is 104 Å². The predicted octanol–water partition coefficient (Wildman–Crippen LogP) is 6.39. The van der Waals surface area contributed by atoms with Crippen LogP contribution in [0.25, 0.3) is 0 Å². The molecule has 188 valence electrons. The van der Waals surface area contributed by atoms with Gasteiger partial charge in [-0.15, -0.1) is 0 Å². The van der Waals surface area contributed by atoms with Gasteiger partial charge in [0.15, 0.2) is 6.10 Å². The number of allylic oxidation sites excluding steroid dienone is 5. The average Bonchev–Trinajstić information content (AvgIpc) is 2.77. The average molecular weight is 465 g/mol. The largest absolute Gasteiger partial charge is 0.462 e. The molecule has 0 aliphatic heterocycles. The molecule has 0 aliphatic carbocycles. The van der Waals surface area contributed by atoms with Crippen molar-refractivity contribution in [3.05, 3.63) is 36.5 Å². The molecular formula is C27H44O6. The summed E-state index contributed by atoms with van der Waals surface area (Å²) >= 11 is 0. The van der Waals surface area contributed by atoms with E-state index in [2.05, 4.69) is 13.0 Å². The molecule has 0 aliphatic rings. The summed E-state index contributed by atoms with van der Waals surface area (Å²) in [6, 6.07) is 0. The van der Waals surface area contributed by atoms with Gasteiger partial charge in [0, 0.05) is 19.9 Å². The maximum absolute atomic E-state index is 11.9. The molecule has 0 aromatic carbocycles. The Labute approximate surface area is 200 Å². The zero-order valence-corrected chi connectivity index (χ0v) is 20.9. The van der Waals surface area contributed by atoms with Crippen molar-refractivity contribution in [3.63, 3.8) is 0 Å². The van der Waals surface area contributed by atoms with Crippen molar-refractivity contribution in [1.82, 2.24) is 0 Å². The fourth-order valence-corrected chi connectivity index (χ4v) is 3.10. The summed E-state index contributed by atoms with van der Waals surface area (Å²) in [7, 11) is 0. The second kappa shape index (κ2) is 22.8. The molecule has 6 nitrogen and oxygen atoms in total. The Morgan fingerprint density at radius 3 is 1.67 bits per heavy atom. The molecule has 0 unspecified atom stereocenters. The minimum Gasteiger partial charge on any atom is -0.462 e. The lowest BCUT2D eigenvalue weighted by Crippen LogP contribution is -2.29. The van der Waals surface area contributed by atoms with Crippen LogP contribution in [-0.2, 0) is 28.6 Å². The quantitative estimate of drug-likeness (QED) is 0.0682. The van der Waals surface area contributed by atoms with Crippen LogP contribution in [0.15, 0.2) is 36.5 Å². The van der Waals surface area contributed by atoms with E-state index in [1.54, 1.807) is 12.2 Å². The molecule has 0 atom stereocenters. The maximum Gasteiger partial charge on any atom is 0.331 e. The molecule has 0 N–H and O–H groups in total. The van der Waals surface area contributed by atoms with Gasteiger partial charge in [0.1, 0.15) is 13.2 Å². The Morgan fingerprint density at radius 1 is 0.667 bits per heavy atom. The summed E-state index contributed by atoms with van der Waals surface area (Å²) in [6.07, 6.45) is 25.5. The zero-order valence-electron chi connectivity index (χ0n) is 20.9. The molecular weight excluding hydrogens is 420 g/mol. The lowest BCUT2D eigenvalue weighted by atomic mass is 10.1. The highest BCUT2D eigenvalue weighted by atomic mass is 16.6. The number of hydrogen-bond donors (Lipinski definition) is 0. The molecule has 0 aromatic rings. The van der Waals surface area contributed by atoms with Crippen molar-refractivity contribution in [1.29, 1.82) is 0 Å². The van der Waals surface area contributed by atoms with Crippen LogP contribution in [0.2, 0.25) is 0 Å². The first-order valence-corrected chi connectivity index (χ1v) is 12.4. The van der Waals surface area contributed by atoms with Crippen LogP contribution in [-0.4, -0.2) is 37.2 Å². The molecule has 0 saturated heterocycles. The molecule has 0 rings (SSSR count). The van der Waals surface area contributed by atoms with Gasteiger partial charge in [-0.1, -0.05) is 102 Å². The lowest BCUT2D eigenvalue weighted by molar-refractivity contribution is -0.162. The van der Waals surface area contributed by atoms with E-state index in [-0.39, 0.29) is 13.2 Å². The number of hydrogen-bond acceptors (Lipinski definition) is 6. The monoisotopic (exact) mass is 464 g/mol. The summed E-state index contributed by atoms with van der Waals surface area (Å²) in [5.41, 5.74) is 0. The first-order valence-electron chi connectivity index (χ1n) is 12.4. The lowest BCUT2D eigenvalue weighted by Gasteiger charge is -2.16. The molecule has 0 amide bonds. The minimum atomic E-state index is -0.843. The van der Waals surface area contributed by atoms with Crippen LogP contribution in [0.5, 0.6) is 0 Å². The Balaban J connectivity index is 3.85. The summed E-state index contributed by atoms with van der Waals surface area (Å²) in [4.78, 5) is 33.7. The molecule has 0 bridgehead atoms. The first-order chi connectivity index (χ1) is 16.0. The highest BCUT2D eigenvalue weighted by molar-refractivity contribution is 5.82. The second-order valence-corrected chi connectivity index (χ2v) is 8.16. The minimum absolute atomic E-state index is 0.167. The van der Waals surface area contributed by atoms with Crippen LogP contribution in [0.4, 0.5) is 0 Å². The molecule has 33 heavy (non-hydrogen) atoms. The van der Waals surface area contributed by atoms with Crippen molar-refractivity contribution >= 4 is 17.9 Å². The fraction of sp³-hybridized carbons (Fsp3) is 0.667. The maximum atomic E-state index is 11.9. The third-order valence-electron chi connectivity index (χ3n) is 4.90. The van der Waals surface area contributed by atoms with Gasteiger partial charge in [-0.05, 0) is 12.8 Å². The Hall–Kier alpha value is -2.37. The topological polar surface area (TPSA) is 78.9 Å². The van der Waals surface area contributed by atoms with E-state index < -0.39 is 24.0 Å². The first kappa shape index (κ1) is 30.6. The number of rotatable bonds is 20. The summed E-state index contributed by atoms with van der Waals surface area (Å²) in [6.45, 7) is 4.42. The molecule has 0 spiro atoms. The van der Waals surface area contributed by atoms with E-state index >= 15 is 0 Å². The van der Waals surface area contributed by atoms with Gasteiger partial charge in [0.25, 0.3) is 0 Å².